The third-order valence-corrected chi connectivity index (χ3v) is 3.36. The predicted octanol–water partition coefficient (Wildman–Crippen LogP) is 3.31. The third-order valence-electron chi connectivity index (χ3n) is 3.36. The highest BCUT2D eigenvalue weighted by Crippen LogP contribution is 2.18. The van der Waals surface area contributed by atoms with E-state index in [0.29, 0.717) is 6.54 Å². The summed E-state index contributed by atoms with van der Waals surface area (Å²) in [6, 6.07) is 16.3. The Morgan fingerprint density at radius 1 is 1.10 bits per heavy atom. The van der Waals surface area contributed by atoms with Gasteiger partial charge in [0.15, 0.2) is 0 Å². The molecule has 0 aliphatic carbocycles. The molecule has 0 unspecified atom stereocenters. The minimum Gasteiger partial charge on any atom is -0.497 e. The molecule has 0 spiro atoms. The van der Waals surface area contributed by atoms with E-state index in [9.17, 15) is 0 Å². The van der Waals surface area contributed by atoms with Gasteiger partial charge in [0.1, 0.15) is 11.4 Å². The zero-order chi connectivity index (χ0) is 14.7. The normalized spacial score (nSPS) is 10.6. The lowest BCUT2D eigenvalue weighted by Gasteiger charge is -2.03. The van der Waals surface area contributed by atoms with Crippen molar-refractivity contribution in [3.63, 3.8) is 0 Å². The molecule has 1 heterocycles. The minimum absolute atomic E-state index is 0.677. The van der Waals surface area contributed by atoms with Crippen LogP contribution in [0, 0.1) is 6.92 Å². The second kappa shape index (κ2) is 5.79. The van der Waals surface area contributed by atoms with E-state index in [-0.39, 0.29) is 0 Å². The van der Waals surface area contributed by atoms with Gasteiger partial charge < -0.3 is 4.74 Å². The van der Waals surface area contributed by atoms with E-state index in [2.05, 4.69) is 47.6 Å². The van der Waals surface area contributed by atoms with Crippen LogP contribution in [-0.4, -0.2) is 22.1 Å². The van der Waals surface area contributed by atoms with Crippen LogP contribution in [0.3, 0.4) is 0 Å². The first-order valence-corrected chi connectivity index (χ1v) is 6.85. The lowest BCUT2D eigenvalue weighted by atomic mass is 10.1. The van der Waals surface area contributed by atoms with E-state index in [0.717, 1.165) is 22.6 Å². The monoisotopic (exact) mass is 279 g/mol. The zero-order valence-corrected chi connectivity index (χ0v) is 12.2. The van der Waals surface area contributed by atoms with E-state index in [1.165, 1.54) is 5.56 Å². The van der Waals surface area contributed by atoms with Crippen molar-refractivity contribution in [2.75, 3.05) is 7.11 Å². The van der Waals surface area contributed by atoms with Gasteiger partial charge in [-0.3, -0.25) is 0 Å². The quantitative estimate of drug-likeness (QED) is 0.735. The Labute approximate surface area is 124 Å². The Morgan fingerprint density at radius 2 is 1.90 bits per heavy atom. The van der Waals surface area contributed by atoms with Crippen LogP contribution >= 0.6 is 0 Å². The molecule has 0 aliphatic rings. The van der Waals surface area contributed by atoms with Crippen molar-refractivity contribution in [1.82, 2.24) is 15.0 Å². The number of hydrogen-bond acceptors (Lipinski definition) is 3. The lowest BCUT2D eigenvalue weighted by molar-refractivity contribution is 0.414. The number of methoxy groups -OCH3 is 1. The Hall–Kier alpha value is -2.62. The standard InChI is InChI=1S/C17H17N3O/c1-13-6-8-15(9-7-13)17-12-20(19-18-17)11-14-4-3-5-16(10-14)21-2/h3-10,12H,11H2,1-2H3. The van der Waals surface area contributed by atoms with Crippen LogP contribution in [0.25, 0.3) is 11.3 Å². The number of aryl methyl sites for hydroxylation is 1. The second-order valence-electron chi connectivity index (χ2n) is 5.02. The van der Waals surface area contributed by atoms with E-state index in [1.54, 1.807) is 7.11 Å². The summed E-state index contributed by atoms with van der Waals surface area (Å²) in [6.45, 7) is 2.75. The minimum atomic E-state index is 0.677. The molecule has 1 aromatic heterocycles. The van der Waals surface area contributed by atoms with Crippen molar-refractivity contribution in [3.8, 4) is 17.0 Å². The maximum atomic E-state index is 5.23. The molecule has 0 aliphatic heterocycles. The van der Waals surface area contributed by atoms with Gasteiger partial charge in [-0.15, -0.1) is 5.10 Å². The molecule has 0 amide bonds. The van der Waals surface area contributed by atoms with Crippen molar-refractivity contribution >= 4 is 0 Å². The lowest BCUT2D eigenvalue weighted by Crippen LogP contribution is -2.00. The summed E-state index contributed by atoms with van der Waals surface area (Å²) in [7, 11) is 1.67. The molecule has 4 heteroatoms. The van der Waals surface area contributed by atoms with Crippen molar-refractivity contribution in [1.29, 1.82) is 0 Å². The van der Waals surface area contributed by atoms with E-state index < -0.39 is 0 Å². The summed E-state index contributed by atoms with van der Waals surface area (Å²) in [5.41, 5.74) is 4.34. The van der Waals surface area contributed by atoms with Crippen LogP contribution in [0.1, 0.15) is 11.1 Å². The number of ether oxygens (including phenoxy) is 1. The fourth-order valence-electron chi connectivity index (χ4n) is 2.19. The van der Waals surface area contributed by atoms with Gasteiger partial charge in [-0.05, 0) is 24.6 Å². The number of aromatic nitrogens is 3. The maximum Gasteiger partial charge on any atom is 0.119 e. The van der Waals surface area contributed by atoms with Crippen LogP contribution in [0.2, 0.25) is 0 Å². The SMILES string of the molecule is COc1cccc(Cn2cc(-c3ccc(C)cc3)nn2)c1. The topological polar surface area (TPSA) is 39.9 Å². The van der Waals surface area contributed by atoms with Crippen molar-refractivity contribution in [3.05, 3.63) is 65.9 Å². The fraction of sp³-hybridized carbons (Fsp3) is 0.176. The summed E-state index contributed by atoms with van der Waals surface area (Å²) >= 11 is 0. The van der Waals surface area contributed by atoms with Gasteiger partial charge >= 0.3 is 0 Å². The molecular weight excluding hydrogens is 262 g/mol. The third kappa shape index (κ3) is 3.11. The number of hydrogen-bond donors (Lipinski definition) is 0. The molecule has 0 bridgehead atoms. The Kier molecular flexibility index (Phi) is 3.69. The number of nitrogens with zero attached hydrogens (tertiary/aromatic N) is 3. The average molecular weight is 279 g/mol. The molecule has 106 valence electrons. The molecule has 0 fully saturated rings. The Balaban J connectivity index is 1.80. The molecule has 0 N–H and O–H groups in total. The average Bonchev–Trinajstić information content (AvgIpc) is 2.96. The fourth-order valence-corrected chi connectivity index (χ4v) is 2.19. The first kappa shape index (κ1) is 13.4. The largest absolute Gasteiger partial charge is 0.497 e. The molecule has 3 aromatic rings. The van der Waals surface area contributed by atoms with Gasteiger partial charge in [0.05, 0.1) is 19.9 Å². The van der Waals surface area contributed by atoms with Crippen LogP contribution in [0.4, 0.5) is 0 Å². The highest BCUT2D eigenvalue weighted by Gasteiger charge is 2.04. The summed E-state index contributed by atoms with van der Waals surface area (Å²) in [4.78, 5) is 0. The molecule has 0 radical (unpaired) electrons. The summed E-state index contributed by atoms with van der Waals surface area (Å²) in [5, 5.41) is 8.43. The second-order valence-corrected chi connectivity index (χ2v) is 5.02. The summed E-state index contributed by atoms with van der Waals surface area (Å²) in [5.74, 6) is 0.853. The molecule has 21 heavy (non-hydrogen) atoms. The van der Waals surface area contributed by atoms with Crippen LogP contribution < -0.4 is 4.74 Å². The smallest absolute Gasteiger partial charge is 0.119 e. The van der Waals surface area contributed by atoms with Crippen LogP contribution in [0.5, 0.6) is 5.75 Å². The van der Waals surface area contributed by atoms with Gasteiger partial charge in [-0.2, -0.15) is 0 Å². The highest BCUT2D eigenvalue weighted by molar-refractivity contribution is 5.57. The van der Waals surface area contributed by atoms with Gasteiger partial charge in [0, 0.05) is 5.56 Å². The molecule has 4 nitrogen and oxygen atoms in total. The molecule has 3 rings (SSSR count). The van der Waals surface area contributed by atoms with E-state index >= 15 is 0 Å². The van der Waals surface area contributed by atoms with Gasteiger partial charge in [0.2, 0.25) is 0 Å². The summed E-state index contributed by atoms with van der Waals surface area (Å²) in [6.07, 6.45) is 1.96. The van der Waals surface area contributed by atoms with Gasteiger partial charge in [-0.1, -0.05) is 47.2 Å². The maximum absolute atomic E-state index is 5.23. The van der Waals surface area contributed by atoms with Crippen LogP contribution in [-0.2, 0) is 6.54 Å². The summed E-state index contributed by atoms with van der Waals surface area (Å²) < 4.78 is 7.07. The Bertz CT molecular complexity index is 732. The van der Waals surface area contributed by atoms with Crippen molar-refractivity contribution < 1.29 is 4.74 Å². The number of benzene rings is 2. The predicted molar refractivity (Wildman–Crippen MR) is 82.3 cm³/mol. The number of rotatable bonds is 4. The van der Waals surface area contributed by atoms with Crippen molar-refractivity contribution in [2.45, 2.75) is 13.5 Å². The molecule has 0 atom stereocenters. The molecule has 0 saturated carbocycles. The van der Waals surface area contributed by atoms with E-state index in [1.807, 2.05) is 29.1 Å². The van der Waals surface area contributed by atoms with Crippen LogP contribution in [0.15, 0.2) is 54.7 Å². The Morgan fingerprint density at radius 3 is 2.67 bits per heavy atom. The first-order chi connectivity index (χ1) is 10.2. The van der Waals surface area contributed by atoms with Gasteiger partial charge in [-0.25, -0.2) is 4.68 Å². The van der Waals surface area contributed by atoms with Crippen molar-refractivity contribution in [2.24, 2.45) is 0 Å². The highest BCUT2D eigenvalue weighted by atomic mass is 16.5. The zero-order valence-electron chi connectivity index (χ0n) is 12.2. The molecular formula is C17H17N3O. The molecule has 2 aromatic carbocycles. The van der Waals surface area contributed by atoms with E-state index in [4.69, 9.17) is 4.74 Å². The molecule has 0 saturated heterocycles. The first-order valence-electron chi connectivity index (χ1n) is 6.85. The van der Waals surface area contributed by atoms with Gasteiger partial charge in [0.25, 0.3) is 0 Å².